The lowest BCUT2D eigenvalue weighted by Crippen LogP contribution is -2.08. The first kappa shape index (κ1) is 14.4. The number of thioether (sulfide) groups is 1. The largest absolute Gasteiger partial charge is 0.363 e. The second-order valence-corrected chi connectivity index (χ2v) is 5.58. The molecule has 1 aromatic carbocycles. The second-order valence-electron chi connectivity index (χ2n) is 3.98. The molecule has 0 fully saturated rings. The molecular formula is C13H13Cl2N3S. The Morgan fingerprint density at radius 1 is 1.21 bits per heavy atom. The van der Waals surface area contributed by atoms with Crippen LogP contribution in [0.4, 0.5) is 5.82 Å². The van der Waals surface area contributed by atoms with Gasteiger partial charge in [-0.1, -0.05) is 47.1 Å². The van der Waals surface area contributed by atoms with Gasteiger partial charge in [0.1, 0.15) is 11.0 Å². The van der Waals surface area contributed by atoms with E-state index in [0.29, 0.717) is 16.1 Å². The predicted molar refractivity (Wildman–Crippen MR) is 82.3 cm³/mol. The topological polar surface area (TPSA) is 37.8 Å². The van der Waals surface area contributed by atoms with E-state index in [4.69, 9.17) is 23.2 Å². The van der Waals surface area contributed by atoms with Gasteiger partial charge in [-0.25, -0.2) is 9.97 Å². The SMILES string of the molecule is CSc1nc(Cl)cc(NC(C)c2cccc(Cl)c2)n1. The summed E-state index contributed by atoms with van der Waals surface area (Å²) in [4.78, 5) is 8.47. The maximum absolute atomic E-state index is 5.99. The first-order chi connectivity index (χ1) is 9.08. The molecule has 0 spiro atoms. The molecule has 1 N–H and O–H groups in total. The van der Waals surface area contributed by atoms with E-state index in [1.165, 1.54) is 11.8 Å². The standard InChI is InChI=1S/C13H13Cl2N3S/c1-8(9-4-3-5-10(14)6-9)16-12-7-11(15)17-13(18-12)19-2/h3-8H,1-2H3,(H,16,17,18). The number of hydrogen-bond donors (Lipinski definition) is 1. The molecule has 0 aliphatic rings. The van der Waals surface area contributed by atoms with Crippen molar-refractivity contribution in [2.24, 2.45) is 0 Å². The zero-order chi connectivity index (χ0) is 13.8. The number of nitrogens with one attached hydrogen (secondary N) is 1. The molecule has 1 unspecified atom stereocenters. The maximum atomic E-state index is 5.99. The Morgan fingerprint density at radius 3 is 2.68 bits per heavy atom. The lowest BCUT2D eigenvalue weighted by Gasteiger charge is -2.15. The highest BCUT2D eigenvalue weighted by Gasteiger charge is 2.08. The summed E-state index contributed by atoms with van der Waals surface area (Å²) in [6.45, 7) is 2.04. The minimum Gasteiger partial charge on any atom is -0.363 e. The van der Waals surface area contributed by atoms with Crippen molar-refractivity contribution >= 4 is 40.8 Å². The molecule has 0 saturated heterocycles. The van der Waals surface area contributed by atoms with Crippen LogP contribution in [0.1, 0.15) is 18.5 Å². The fourth-order valence-corrected chi connectivity index (χ4v) is 2.45. The molecule has 2 aromatic rings. The van der Waals surface area contributed by atoms with E-state index < -0.39 is 0 Å². The number of nitrogens with zero attached hydrogens (tertiary/aromatic N) is 2. The highest BCUT2D eigenvalue weighted by atomic mass is 35.5. The summed E-state index contributed by atoms with van der Waals surface area (Å²) in [7, 11) is 0. The van der Waals surface area contributed by atoms with Crippen LogP contribution in [0.3, 0.4) is 0 Å². The number of hydrogen-bond acceptors (Lipinski definition) is 4. The van der Waals surface area contributed by atoms with Gasteiger partial charge in [-0.3, -0.25) is 0 Å². The van der Waals surface area contributed by atoms with Gasteiger partial charge in [0.15, 0.2) is 5.16 Å². The molecule has 0 bridgehead atoms. The average molecular weight is 314 g/mol. The molecule has 0 aliphatic carbocycles. The van der Waals surface area contributed by atoms with Gasteiger partial charge in [0.05, 0.1) is 0 Å². The third-order valence-electron chi connectivity index (χ3n) is 2.57. The molecule has 1 aromatic heterocycles. The van der Waals surface area contributed by atoms with Gasteiger partial charge < -0.3 is 5.32 Å². The minimum absolute atomic E-state index is 0.0828. The smallest absolute Gasteiger partial charge is 0.190 e. The molecule has 2 rings (SSSR count). The van der Waals surface area contributed by atoms with Gasteiger partial charge >= 0.3 is 0 Å². The monoisotopic (exact) mass is 313 g/mol. The van der Waals surface area contributed by atoms with Crippen LogP contribution >= 0.6 is 35.0 Å². The van der Waals surface area contributed by atoms with Crippen LogP contribution in [0.15, 0.2) is 35.5 Å². The van der Waals surface area contributed by atoms with E-state index in [9.17, 15) is 0 Å². The Balaban J connectivity index is 2.18. The van der Waals surface area contributed by atoms with Crippen LogP contribution in [0.5, 0.6) is 0 Å². The molecular weight excluding hydrogens is 301 g/mol. The number of aromatic nitrogens is 2. The van der Waals surface area contributed by atoms with Gasteiger partial charge in [0, 0.05) is 17.1 Å². The Kier molecular flexibility index (Phi) is 4.91. The van der Waals surface area contributed by atoms with Crippen molar-refractivity contribution in [3.05, 3.63) is 46.1 Å². The van der Waals surface area contributed by atoms with Crippen LogP contribution < -0.4 is 5.32 Å². The van der Waals surface area contributed by atoms with E-state index >= 15 is 0 Å². The molecule has 0 aliphatic heterocycles. The first-order valence-electron chi connectivity index (χ1n) is 5.69. The van der Waals surface area contributed by atoms with Crippen molar-refractivity contribution in [2.45, 2.75) is 18.1 Å². The maximum Gasteiger partial charge on any atom is 0.190 e. The molecule has 1 atom stereocenters. The second kappa shape index (κ2) is 6.46. The summed E-state index contributed by atoms with van der Waals surface area (Å²) in [5.74, 6) is 0.705. The Labute approximate surface area is 126 Å². The van der Waals surface area contributed by atoms with Crippen molar-refractivity contribution in [2.75, 3.05) is 11.6 Å². The molecule has 3 nitrogen and oxygen atoms in total. The van der Waals surface area contributed by atoms with E-state index in [1.54, 1.807) is 6.07 Å². The highest BCUT2D eigenvalue weighted by molar-refractivity contribution is 7.98. The number of rotatable bonds is 4. The molecule has 0 amide bonds. The van der Waals surface area contributed by atoms with Crippen molar-refractivity contribution in [1.82, 2.24) is 9.97 Å². The molecule has 0 saturated carbocycles. The van der Waals surface area contributed by atoms with E-state index in [2.05, 4.69) is 15.3 Å². The van der Waals surface area contributed by atoms with Crippen LogP contribution in [0.25, 0.3) is 0 Å². The van der Waals surface area contributed by atoms with Crippen molar-refractivity contribution in [3.8, 4) is 0 Å². The molecule has 0 radical (unpaired) electrons. The van der Waals surface area contributed by atoms with Gasteiger partial charge in [0.25, 0.3) is 0 Å². The van der Waals surface area contributed by atoms with Gasteiger partial charge in [-0.2, -0.15) is 0 Å². The number of benzene rings is 1. The third-order valence-corrected chi connectivity index (χ3v) is 3.55. The highest BCUT2D eigenvalue weighted by Crippen LogP contribution is 2.23. The van der Waals surface area contributed by atoms with Crippen LogP contribution in [-0.4, -0.2) is 16.2 Å². The number of halogens is 2. The van der Waals surface area contributed by atoms with E-state index in [1.807, 2.05) is 37.4 Å². The van der Waals surface area contributed by atoms with E-state index in [-0.39, 0.29) is 6.04 Å². The zero-order valence-electron chi connectivity index (χ0n) is 10.5. The molecule has 6 heteroatoms. The Morgan fingerprint density at radius 2 is 2.00 bits per heavy atom. The fraction of sp³-hybridized carbons (Fsp3) is 0.231. The van der Waals surface area contributed by atoms with Crippen molar-refractivity contribution in [3.63, 3.8) is 0 Å². The molecule has 1 heterocycles. The quantitative estimate of drug-likeness (QED) is 0.505. The third kappa shape index (κ3) is 4.00. The molecule has 19 heavy (non-hydrogen) atoms. The van der Waals surface area contributed by atoms with Crippen molar-refractivity contribution < 1.29 is 0 Å². The van der Waals surface area contributed by atoms with E-state index in [0.717, 1.165) is 10.6 Å². The lowest BCUT2D eigenvalue weighted by molar-refractivity contribution is 0.856. The Bertz CT molecular complexity index is 578. The minimum atomic E-state index is 0.0828. The summed E-state index contributed by atoms with van der Waals surface area (Å²) in [5.41, 5.74) is 1.09. The summed E-state index contributed by atoms with van der Waals surface area (Å²) < 4.78 is 0. The van der Waals surface area contributed by atoms with Crippen LogP contribution in [0.2, 0.25) is 10.2 Å². The summed E-state index contributed by atoms with van der Waals surface area (Å²) >= 11 is 13.4. The predicted octanol–water partition coefficient (Wildman–Crippen LogP) is 4.68. The van der Waals surface area contributed by atoms with Gasteiger partial charge in [0.2, 0.25) is 0 Å². The zero-order valence-corrected chi connectivity index (χ0v) is 12.9. The van der Waals surface area contributed by atoms with Crippen LogP contribution in [0, 0.1) is 0 Å². The average Bonchev–Trinajstić information content (AvgIpc) is 2.38. The fourth-order valence-electron chi connectivity index (χ4n) is 1.64. The first-order valence-corrected chi connectivity index (χ1v) is 7.67. The Hall–Kier alpha value is -0.970. The summed E-state index contributed by atoms with van der Waals surface area (Å²) in [6.07, 6.45) is 1.91. The van der Waals surface area contributed by atoms with Crippen LogP contribution in [-0.2, 0) is 0 Å². The molecule has 100 valence electrons. The lowest BCUT2D eigenvalue weighted by atomic mass is 10.1. The van der Waals surface area contributed by atoms with Gasteiger partial charge in [-0.05, 0) is 30.9 Å². The van der Waals surface area contributed by atoms with Gasteiger partial charge in [-0.15, -0.1) is 0 Å². The summed E-state index contributed by atoms with van der Waals surface area (Å²) in [5, 5.41) is 5.09. The normalized spacial score (nSPS) is 12.2. The number of anilines is 1. The summed E-state index contributed by atoms with van der Waals surface area (Å²) in [6, 6.07) is 9.52. The van der Waals surface area contributed by atoms with Crippen molar-refractivity contribution in [1.29, 1.82) is 0 Å².